The molecule has 0 fully saturated rings. The molecule has 2 aromatic rings. The van der Waals surface area contributed by atoms with Crippen LogP contribution in [0.3, 0.4) is 0 Å². The number of hydrogen-bond donors (Lipinski definition) is 2. The summed E-state index contributed by atoms with van der Waals surface area (Å²) >= 11 is 4.64. The molecule has 0 unspecified atom stereocenters. The van der Waals surface area contributed by atoms with Gasteiger partial charge in [0.1, 0.15) is 4.88 Å². The smallest absolute Gasteiger partial charge is 0.266 e. The van der Waals surface area contributed by atoms with Crippen molar-refractivity contribution in [1.29, 1.82) is 5.26 Å². The highest BCUT2D eigenvalue weighted by Gasteiger charge is 2.12. The van der Waals surface area contributed by atoms with E-state index in [1.807, 2.05) is 17.5 Å². The fourth-order valence-electron chi connectivity index (χ4n) is 1.38. The topological polar surface area (TPSA) is 78.9 Å². The van der Waals surface area contributed by atoms with E-state index in [0.717, 1.165) is 4.47 Å². The van der Waals surface area contributed by atoms with E-state index in [0.29, 0.717) is 21.8 Å². The molecular formula is C12H8BrN3OS. The molecule has 0 atom stereocenters. The second kappa shape index (κ2) is 5.21. The maximum absolute atomic E-state index is 12.0. The van der Waals surface area contributed by atoms with Crippen LogP contribution in [0.25, 0.3) is 0 Å². The maximum atomic E-state index is 12.0. The van der Waals surface area contributed by atoms with Crippen LogP contribution in [0.1, 0.15) is 15.2 Å². The van der Waals surface area contributed by atoms with E-state index in [1.165, 1.54) is 17.4 Å². The van der Waals surface area contributed by atoms with Crippen molar-refractivity contribution in [3.05, 3.63) is 44.6 Å². The molecule has 1 aromatic heterocycles. The average molecular weight is 322 g/mol. The van der Waals surface area contributed by atoms with Gasteiger partial charge in [-0.2, -0.15) is 5.26 Å². The lowest BCUT2D eigenvalue weighted by atomic mass is 10.2. The molecular weight excluding hydrogens is 314 g/mol. The minimum Gasteiger partial charge on any atom is -0.397 e. The molecule has 6 heteroatoms. The van der Waals surface area contributed by atoms with Gasteiger partial charge < -0.3 is 11.1 Å². The lowest BCUT2D eigenvalue weighted by Crippen LogP contribution is -2.12. The van der Waals surface area contributed by atoms with Crippen molar-refractivity contribution in [1.82, 2.24) is 0 Å². The molecule has 1 amide bonds. The fourth-order valence-corrected chi connectivity index (χ4v) is 2.83. The molecule has 0 spiro atoms. The van der Waals surface area contributed by atoms with Gasteiger partial charge in [0.25, 0.3) is 5.91 Å². The Morgan fingerprint density at radius 3 is 2.78 bits per heavy atom. The van der Waals surface area contributed by atoms with Crippen LogP contribution in [-0.2, 0) is 0 Å². The van der Waals surface area contributed by atoms with E-state index < -0.39 is 0 Å². The zero-order valence-electron chi connectivity index (χ0n) is 9.11. The monoisotopic (exact) mass is 321 g/mol. The first-order valence-electron chi connectivity index (χ1n) is 4.96. The predicted octanol–water partition coefficient (Wildman–Crippen LogP) is 3.22. The molecule has 18 heavy (non-hydrogen) atoms. The maximum Gasteiger partial charge on any atom is 0.266 e. The van der Waals surface area contributed by atoms with E-state index in [-0.39, 0.29) is 5.91 Å². The summed E-state index contributed by atoms with van der Waals surface area (Å²) in [6.07, 6.45) is 0. The predicted molar refractivity (Wildman–Crippen MR) is 75.5 cm³/mol. The first-order valence-corrected chi connectivity index (χ1v) is 6.63. The number of nitrogens with zero attached hydrogens (tertiary/aromatic N) is 1. The van der Waals surface area contributed by atoms with Gasteiger partial charge in [-0.15, -0.1) is 11.3 Å². The van der Waals surface area contributed by atoms with Crippen LogP contribution in [0.2, 0.25) is 0 Å². The summed E-state index contributed by atoms with van der Waals surface area (Å²) in [6, 6.07) is 8.55. The van der Waals surface area contributed by atoms with Crippen molar-refractivity contribution in [2.45, 2.75) is 0 Å². The first-order chi connectivity index (χ1) is 8.61. The molecule has 0 aliphatic carbocycles. The summed E-state index contributed by atoms with van der Waals surface area (Å²) in [4.78, 5) is 12.5. The van der Waals surface area contributed by atoms with Crippen molar-refractivity contribution in [2.75, 3.05) is 11.1 Å². The third-order valence-electron chi connectivity index (χ3n) is 2.25. The van der Waals surface area contributed by atoms with Crippen molar-refractivity contribution < 1.29 is 4.79 Å². The average Bonchev–Trinajstić information content (AvgIpc) is 2.78. The van der Waals surface area contributed by atoms with Gasteiger partial charge in [0, 0.05) is 4.47 Å². The molecule has 90 valence electrons. The molecule has 3 N–H and O–H groups in total. The van der Waals surface area contributed by atoms with Crippen LogP contribution in [0.5, 0.6) is 0 Å². The zero-order chi connectivity index (χ0) is 13.1. The standard InChI is InChI=1S/C12H8BrN3OS/c13-8-3-4-18-11(8)12(17)16-10-2-1-7(6-14)5-9(10)15/h1-5H,15H2,(H,16,17). The second-order valence-electron chi connectivity index (χ2n) is 3.47. The molecule has 0 saturated heterocycles. The molecule has 4 nitrogen and oxygen atoms in total. The summed E-state index contributed by atoms with van der Waals surface area (Å²) in [7, 11) is 0. The summed E-state index contributed by atoms with van der Waals surface area (Å²) in [5, 5.41) is 13.3. The van der Waals surface area contributed by atoms with Crippen LogP contribution >= 0.6 is 27.3 Å². The van der Waals surface area contributed by atoms with Gasteiger partial charge in [0.15, 0.2) is 0 Å². The SMILES string of the molecule is N#Cc1ccc(NC(=O)c2sccc2Br)c(N)c1. The van der Waals surface area contributed by atoms with E-state index in [1.54, 1.807) is 12.1 Å². The number of anilines is 2. The van der Waals surface area contributed by atoms with E-state index >= 15 is 0 Å². The van der Waals surface area contributed by atoms with Crippen LogP contribution in [-0.4, -0.2) is 5.91 Å². The van der Waals surface area contributed by atoms with Crippen LogP contribution in [0, 0.1) is 11.3 Å². The number of hydrogen-bond acceptors (Lipinski definition) is 4. The number of thiophene rings is 1. The molecule has 0 radical (unpaired) electrons. The number of halogens is 1. The summed E-state index contributed by atoms with van der Waals surface area (Å²) in [5.74, 6) is -0.228. The largest absolute Gasteiger partial charge is 0.397 e. The summed E-state index contributed by atoms with van der Waals surface area (Å²) in [5.41, 5.74) is 7.09. The van der Waals surface area contributed by atoms with Gasteiger partial charge in [0.05, 0.1) is 23.0 Å². The Morgan fingerprint density at radius 2 is 2.22 bits per heavy atom. The Kier molecular flexibility index (Phi) is 3.65. The summed E-state index contributed by atoms with van der Waals surface area (Å²) < 4.78 is 0.747. The van der Waals surface area contributed by atoms with E-state index in [9.17, 15) is 4.79 Å². The Morgan fingerprint density at radius 1 is 1.44 bits per heavy atom. The number of carbonyl (C=O) groups excluding carboxylic acids is 1. The Hall–Kier alpha value is -1.84. The highest BCUT2D eigenvalue weighted by molar-refractivity contribution is 9.10. The zero-order valence-corrected chi connectivity index (χ0v) is 11.5. The minimum absolute atomic E-state index is 0.228. The van der Waals surface area contributed by atoms with Crippen molar-refractivity contribution in [3.63, 3.8) is 0 Å². The number of rotatable bonds is 2. The van der Waals surface area contributed by atoms with Crippen LogP contribution in [0.15, 0.2) is 34.1 Å². The summed E-state index contributed by atoms with van der Waals surface area (Å²) in [6.45, 7) is 0. The Labute approximate surface area is 116 Å². The Balaban J connectivity index is 2.23. The number of nitrogens with two attached hydrogens (primary N) is 1. The third kappa shape index (κ3) is 2.53. The highest BCUT2D eigenvalue weighted by atomic mass is 79.9. The van der Waals surface area contributed by atoms with Gasteiger partial charge in [-0.05, 0) is 45.6 Å². The van der Waals surface area contributed by atoms with Gasteiger partial charge in [-0.25, -0.2) is 0 Å². The fraction of sp³-hybridized carbons (Fsp3) is 0. The number of carbonyl (C=O) groups is 1. The van der Waals surface area contributed by atoms with Crippen molar-refractivity contribution in [2.24, 2.45) is 0 Å². The number of benzene rings is 1. The number of nitrogen functional groups attached to an aromatic ring is 1. The van der Waals surface area contributed by atoms with E-state index in [2.05, 4.69) is 21.2 Å². The van der Waals surface area contributed by atoms with Crippen molar-refractivity contribution in [3.8, 4) is 6.07 Å². The molecule has 2 rings (SSSR count). The molecule has 1 heterocycles. The number of nitrogens with one attached hydrogen (secondary N) is 1. The van der Waals surface area contributed by atoms with Crippen molar-refractivity contribution >= 4 is 44.5 Å². The number of nitriles is 1. The third-order valence-corrected chi connectivity index (χ3v) is 4.09. The van der Waals surface area contributed by atoms with Crippen LogP contribution in [0.4, 0.5) is 11.4 Å². The van der Waals surface area contributed by atoms with Gasteiger partial charge >= 0.3 is 0 Å². The van der Waals surface area contributed by atoms with Crippen LogP contribution < -0.4 is 11.1 Å². The molecule has 0 bridgehead atoms. The molecule has 0 saturated carbocycles. The minimum atomic E-state index is -0.228. The quantitative estimate of drug-likeness (QED) is 0.833. The number of amides is 1. The van der Waals surface area contributed by atoms with Gasteiger partial charge in [0.2, 0.25) is 0 Å². The molecule has 0 aliphatic heterocycles. The van der Waals surface area contributed by atoms with E-state index in [4.69, 9.17) is 11.0 Å². The normalized spacial score (nSPS) is 9.78. The highest BCUT2D eigenvalue weighted by Crippen LogP contribution is 2.25. The Bertz CT molecular complexity index is 645. The lowest BCUT2D eigenvalue weighted by Gasteiger charge is -2.07. The lowest BCUT2D eigenvalue weighted by molar-refractivity contribution is 0.103. The first kappa shape index (κ1) is 12.6. The van der Waals surface area contributed by atoms with Gasteiger partial charge in [-0.1, -0.05) is 0 Å². The second-order valence-corrected chi connectivity index (χ2v) is 5.24. The molecule has 1 aromatic carbocycles. The van der Waals surface area contributed by atoms with Gasteiger partial charge in [-0.3, -0.25) is 4.79 Å². The molecule has 0 aliphatic rings.